The summed E-state index contributed by atoms with van der Waals surface area (Å²) in [7, 11) is 0. The normalized spacial score (nSPS) is 9.42. The van der Waals surface area contributed by atoms with Gasteiger partial charge in [-0.2, -0.15) is 0 Å². The highest BCUT2D eigenvalue weighted by Gasteiger charge is 1.94. The number of aromatic nitrogens is 1. The van der Waals surface area contributed by atoms with Crippen LogP contribution < -0.4 is 11.1 Å². The number of carbonyl (C=O) groups is 1. The van der Waals surface area contributed by atoms with Gasteiger partial charge in [0.15, 0.2) is 0 Å². The molecule has 0 unspecified atom stereocenters. The molecule has 0 aromatic carbocycles. The summed E-state index contributed by atoms with van der Waals surface area (Å²) in [5.41, 5.74) is 5.73. The van der Waals surface area contributed by atoms with Gasteiger partial charge in [0, 0.05) is 12.7 Å². The Morgan fingerprint density at radius 3 is 2.92 bits per heavy atom. The third-order valence-electron chi connectivity index (χ3n) is 1.26. The maximum Gasteiger partial charge on any atom is 0.312 e. The predicted molar refractivity (Wildman–Crippen MR) is 45.7 cm³/mol. The van der Waals surface area contributed by atoms with Crippen LogP contribution in [-0.2, 0) is 6.54 Å². The van der Waals surface area contributed by atoms with E-state index in [2.05, 4.69) is 10.3 Å². The third kappa shape index (κ3) is 2.75. The smallest absolute Gasteiger partial charge is 0.312 e. The van der Waals surface area contributed by atoms with Gasteiger partial charge in [-0.1, -0.05) is 17.7 Å². The number of nitrogens with one attached hydrogen (secondary N) is 1. The molecule has 1 aromatic rings. The molecule has 0 aliphatic rings. The van der Waals surface area contributed by atoms with E-state index in [4.69, 9.17) is 17.3 Å². The molecule has 3 N–H and O–H groups in total. The first-order valence-electron chi connectivity index (χ1n) is 3.32. The second kappa shape index (κ2) is 3.92. The molecule has 2 amide bonds. The molecule has 0 bridgehead atoms. The standard InChI is InChI=1S/C7H8ClN3O/c8-6-2-1-5(3-10-6)4-11-7(9)12/h1-3H,4H2,(H3,9,11,12). The van der Waals surface area contributed by atoms with Crippen molar-refractivity contribution in [1.82, 2.24) is 10.3 Å². The maximum atomic E-state index is 10.3. The van der Waals surface area contributed by atoms with Crippen molar-refractivity contribution in [3.8, 4) is 0 Å². The number of hydrogen-bond acceptors (Lipinski definition) is 2. The Labute approximate surface area is 74.7 Å². The Morgan fingerprint density at radius 1 is 1.67 bits per heavy atom. The molecule has 1 heterocycles. The van der Waals surface area contributed by atoms with E-state index in [1.165, 1.54) is 0 Å². The molecule has 12 heavy (non-hydrogen) atoms. The summed E-state index contributed by atoms with van der Waals surface area (Å²) in [5, 5.41) is 2.87. The first-order valence-corrected chi connectivity index (χ1v) is 3.70. The van der Waals surface area contributed by atoms with E-state index >= 15 is 0 Å². The third-order valence-corrected chi connectivity index (χ3v) is 1.48. The second-order valence-electron chi connectivity index (χ2n) is 2.21. The Kier molecular flexibility index (Phi) is 2.88. The van der Waals surface area contributed by atoms with Crippen molar-refractivity contribution in [1.29, 1.82) is 0 Å². The Hall–Kier alpha value is -1.29. The lowest BCUT2D eigenvalue weighted by Crippen LogP contribution is -2.28. The van der Waals surface area contributed by atoms with Gasteiger partial charge in [-0.3, -0.25) is 0 Å². The van der Waals surface area contributed by atoms with E-state index in [-0.39, 0.29) is 0 Å². The molecule has 64 valence electrons. The van der Waals surface area contributed by atoms with Crippen molar-refractivity contribution in [2.24, 2.45) is 5.73 Å². The molecule has 5 heteroatoms. The van der Waals surface area contributed by atoms with Crippen LogP contribution >= 0.6 is 11.6 Å². The molecule has 1 rings (SSSR count). The molecule has 0 fully saturated rings. The number of primary amides is 1. The lowest BCUT2D eigenvalue weighted by Gasteiger charge is -2.00. The van der Waals surface area contributed by atoms with E-state index in [0.29, 0.717) is 11.7 Å². The van der Waals surface area contributed by atoms with Gasteiger partial charge in [0.2, 0.25) is 0 Å². The maximum absolute atomic E-state index is 10.3. The summed E-state index contributed by atoms with van der Waals surface area (Å²) in [4.78, 5) is 14.1. The molecule has 0 atom stereocenters. The zero-order chi connectivity index (χ0) is 8.97. The molecule has 0 aliphatic carbocycles. The predicted octanol–water partition coefficient (Wildman–Crippen LogP) is 0.903. The SMILES string of the molecule is NC(=O)NCc1ccc(Cl)nc1. The van der Waals surface area contributed by atoms with E-state index in [9.17, 15) is 4.79 Å². The van der Waals surface area contributed by atoms with Gasteiger partial charge in [-0.25, -0.2) is 9.78 Å². The molecule has 0 aliphatic heterocycles. The van der Waals surface area contributed by atoms with Gasteiger partial charge in [0.25, 0.3) is 0 Å². The average molecular weight is 186 g/mol. The molecule has 0 saturated heterocycles. The number of nitrogens with two attached hydrogens (primary N) is 1. The molecule has 0 saturated carbocycles. The second-order valence-corrected chi connectivity index (χ2v) is 2.59. The van der Waals surface area contributed by atoms with Gasteiger partial charge < -0.3 is 11.1 Å². The van der Waals surface area contributed by atoms with E-state index in [0.717, 1.165) is 5.56 Å². The molecule has 0 radical (unpaired) electrons. The first-order chi connectivity index (χ1) is 5.68. The van der Waals surface area contributed by atoms with Crippen molar-refractivity contribution < 1.29 is 4.79 Å². The number of pyridine rings is 1. The molecule has 4 nitrogen and oxygen atoms in total. The van der Waals surface area contributed by atoms with Crippen LogP contribution in [0.5, 0.6) is 0 Å². The largest absolute Gasteiger partial charge is 0.352 e. The number of amides is 2. The summed E-state index contributed by atoms with van der Waals surface area (Å²) >= 11 is 5.55. The van der Waals surface area contributed by atoms with Crippen LogP contribution in [0.15, 0.2) is 18.3 Å². The van der Waals surface area contributed by atoms with Gasteiger partial charge in [0.05, 0.1) is 0 Å². The fraction of sp³-hybridized carbons (Fsp3) is 0.143. The number of halogens is 1. The number of urea groups is 1. The number of hydrogen-bond donors (Lipinski definition) is 2. The minimum absolute atomic E-state index is 0.375. The van der Waals surface area contributed by atoms with Crippen molar-refractivity contribution in [2.75, 3.05) is 0 Å². The van der Waals surface area contributed by atoms with Crippen LogP contribution in [0.3, 0.4) is 0 Å². The van der Waals surface area contributed by atoms with Gasteiger partial charge in [-0.05, 0) is 11.6 Å². The topological polar surface area (TPSA) is 68.0 Å². The van der Waals surface area contributed by atoms with Crippen LogP contribution in [0.4, 0.5) is 4.79 Å². The Morgan fingerprint density at radius 2 is 2.42 bits per heavy atom. The average Bonchev–Trinajstić information content (AvgIpc) is 2.03. The molecular formula is C7H8ClN3O. The van der Waals surface area contributed by atoms with Gasteiger partial charge >= 0.3 is 6.03 Å². The summed E-state index contributed by atoms with van der Waals surface area (Å²) < 4.78 is 0. The first kappa shape index (κ1) is 8.80. The highest BCUT2D eigenvalue weighted by Crippen LogP contribution is 2.04. The van der Waals surface area contributed by atoms with Crippen LogP contribution in [0.1, 0.15) is 5.56 Å². The molecule has 1 aromatic heterocycles. The summed E-state index contributed by atoms with van der Waals surface area (Å²) in [6.45, 7) is 0.375. The van der Waals surface area contributed by atoms with Crippen molar-refractivity contribution >= 4 is 17.6 Å². The minimum atomic E-state index is -0.551. The van der Waals surface area contributed by atoms with Crippen LogP contribution in [0.25, 0.3) is 0 Å². The monoisotopic (exact) mass is 185 g/mol. The van der Waals surface area contributed by atoms with Crippen LogP contribution in [0, 0.1) is 0 Å². The highest BCUT2D eigenvalue weighted by atomic mass is 35.5. The van der Waals surface area contributed by atoms with E-state index in [1.807, 2.05) is 0 Å². The fourth-order valence-electron chi connectivity index (χ4n) is 0.700. The Balaban J connectivity index is 2.53. The number of rotatable bonds is 2. The van der Waals surface area contributed by atoms with Crippen molar-refractivity contribution in [2.45, 2.75) is 6.54 Å². The lowest BCUT2D eigenvalue weighted by molar-refractivity contribution is 0.248. The number of nitrogens with zero attached hydrogens (tertiary/aromatic N) is 1. The van der Waals surface area contributed by atoms with Crippen LogP contribution in [0.2, 0.25) is 5.15 Å². The summed E-state index contributed by atoms with van der Waals surface area (Å²) in [6.07, 6.45) is 1.58. The fourth-order valence-corrected chi connectivity index (χ4v) is 0.812. The van der Waals surface area contributed by atoms with Crippen molar-refractivity contribution in [3.63, 3.8) is 0 Å². The summed E-state index contributed by atoms with van der Waals surface area (Å²) in [6, 6.07) is 2.87. The van der Waals surface area contributed by atoms with E-state index < -0.39 is 6.03 Å². The van der Waals surface area contributed by atoms with Crippen LogP contribution in [-0.4, -0.2) is 11.0 Å². The number of carbonyl (C=O) groups excluding carboxylic acids is 1. The van der Waals surface area contributed by atoms with Gasteiger partial charge in [0.1, 0.15) is 5.15 Å². The van der Waals surface area contributed by atoms with Gasteiger partial charge in [-0.15, -0.1) is 0 Å². The van der Waals surface area contributed by atoms with E-state index in [1.54, 1.807) is 18.3 Å². The zero-order valence-corrected chi connectivity index (χ0v) is 7.01. The zero-order valence-electron chi connectivity index (χ0n) is 6.25. The molecular weight excluding hydrogens is 178 g/mol. The molecule has 0 spiro atoms. The minimum Gasteiger partial charge on any atom is -0.352 e. The lowest BCUT2D eigenvalue weighted by atomic mass is 10.3. The highest BCUT2D eigenvalue weighted by molar-refractivity contribution is 6.29. The van der Waals surface area contributed by atoms with Crippen molar-refractivity contribution in [3.05, 3.63) is 29.0 Å². The quantitative estimate of drug-likeness (QED) is 0.673. The Bertz CT molecular complexity index is 272. The summed E-state index contributed by atoms with van der Waals surface area (Å²) in [5.74, 6) is 0.